The van der Waals surface area contributed by atoms with Crippen molar-refractivity contribution in [1.29, 1.82) is 0 Å². The zero-order valence-corrected chi connectivity index (χ0v) is 11.1. The van der Waals surface area contributed by atoms with Gasteiger partial charge in [0.15, 0.2) is 5.82 Å². The van der Waals surface area contributed by atoms with Crippen molar-refractivity contribution in [1.82, 2.24) is 25.0 Å². The second-order valence-electron chi connectivity index (χ2n) is 3.97. The van der Waals surface area contributed by atoms with Crippen molar-refractivity contribution >= 4 is 24.6 Å². The van der Waals surface area contributed by atoms with Gasteiger partial charge in [0.25, 0.3) is 0 Å². The molecule has 2 heterocycles. The van der Waals surface area contributed by atoms with Crippen LogP contribution >= 0.6 is 7.60 Å². The molecule has 12 heteroatoms. The van der Waals surface area contributed by atoms with Gasteiger partial charge in [0, 0.05) is 0 Å². The fourth-order valence-electron chi connectivity index (χ4n) is 1.53. The fourth-order valence-corrected chi connectivity index (χ4v) is 1.94. The maximum Gasteiger partial charge on any atom is 0.350 e. The van der Waals surface area contributed by atoms with E-state index in [9.17, 15) is 4.57 Å². The van der Waals surface area contributed by atoms with Gasteiger partial charge in [-0.2, -0.15) is 0 Å². The first-order valence-electron chi connectivity index (χ1n) is 5.47. The summed E-state index contributed by atoms with van der Waals surface area (Å²) >= 11 is 0. The van der Waals surface area contributed by atoms with Gasteiger partial charge in [0.05, 0.1) is 13.2 Å². The number of aliphatic hydroxyl groups is 1. The molecule has 5 N–H and O–H groups in total. The van der Waals surface area contributed by atoms with E-state index >= 15 is 0 Å². The lowest BCUT2D eigenvalue weighted by Gasteiger charge is -2.16. The number of hydrogen-bond donors (Lipinski definition) is 4. The minimum atomic E-state index is -4.31. The van der Waals surface area contributed by atoms with E-state index in [1.165, 1.54) is 11.0 Å². The summed E-state index contributed by atoms with van der Waals surface area (Å²) < 4.78 is 17.0. The highest BCUT2D eigenvalue weighted by molar-refractivity contribution is 7.51. The number of nitrogens with two attached hydrogens (primary N) is 1. The molecule has 0 unspecified atom stereocenters. The van der Waals surface area contributed by atoms with Gasteiger partial charge in [0.2, 0.25) is 5.65 Å². The highest BCUT2D eigenvalue weighted by atomic mass is 31.2. The molecule has 0 amide bonds. The summed E-state index contributed by atoms with van der Waals surface area (Å²) in [4.78, 5) is 25.1. The Morgan fingerprint density at radius 1 is 1.45 bits per heavy atom. The summed E-state index contributed by atoms with van der Waals surface area (Å²) in [6.07, 6.45) is -0.423. The molecule has 0 fully saturated rings. The molecule has 11 nitrogen and oxygen atoms in total. The fraction of sp³-hybridized carbons (Fsp3) is 0.500. The molecule has 0 saturated heterocycles. The summed E-state index contributed by atoms with van der Waals surface area (Å²) in [5.74, 6) is 0.159. The van der Waals surface area contributed by atoms with Crippen molar-refractivity contribution in [3.63, 3.8) is 0 Å². The third kappa shape index (κ3) is 3.46. The second-order valence-corrected chi connectivity index (χ2v) is 5.56. The molecule has 0 aromatic carbocycles. The van der Waals surface area contributed by atoms with Crippen molar-refractivity contribution < 1.29 is 24.2 Å². The van der Waals surface area contributed by atoms with Crippen molar-refractivity contribution in [2.24, 2.45) is 0 Å². The zero-order chi connectivity index (χ0) is 14.8. The van der Waals surface area contributed by atoms with Crippen molar-refractivity contribution in [3.8, 4) is 0 Å². The number of aliphatic hydroxyl groups excluding tert-OH is 1. The molecule has 0 radical (unpaired) electrons. The van der Waals surface area contributed by atoms with Crippen molar-refractivity contribution in [3.05, 3.63) is 6.33 Å². The average Bonchev–Trinajstić information content (AvgIpc) is 2.78. The molecule has 110 valence electrons. The topological polar surface area (TPSA) is 169 Å². The van der Waals surface area contributed by atoms with Crippen LogP contribution < -0.4 is 5.73 Å². The molecule has 0 bridgehead atoms. The molecule has 2 aromatic heterocycles. The first kappa shape index (κ1) is 14.8. The number of rotatable bonds is 6. The van der Waals surface area contributed by atoms with E-state index in [0.29, 0.717) is 5.52 Å². The monoisotopic (exact) mass is 304 g/mol. The van der Waals surface area contributed by atoms with E-state index in [1.807, 2.05) is 0 Å². The van der Waals surface area contributed by atoms with E-state index in [1.54, 1.807) is 0 Å². The van der Waals surface area contributed by atoms with Crippen molar-refractivity contribution in [2.45, 2.75) is 12.6 Å². The Hall–Kier alpha value is -1.65. The van der Waals surface area contributed by atoms with Gasteiger partial charge in [-0.25, -0.2) is 14.6 Å². The molecular weight excluding hydrogens is 291 g/mol. The van der Waals surface area contributed by atoms with E-state index in [4.69, 9.17) is 25.4 Å². The molecule has 2 aromatic rings. The van der Waals surface area contributed by atoms with Crippen LogP contribution in [0.25, 0.3) is 11.2 Å². The van der Waals surface area contributed by atoms with Gasteiger partial charge < -0.3 is 25.4 Å². The standard InChI is InChI=1S/C8H13N6O5P/c9-7-6-8(11-3-10-7)12-13-14(6)1-5(2-15)19-4-20(16,17)18/h3,5,15H,1-2,4H2,(H2,9,10,11)(H2,16,17,18)/t5-/m0/s1. The van der Waals surface area contributed by atoms with Gasteiger partial charge >= 0.3 is 7.60 Å². The smallest absolute Gasteiger partial charge is 0.350 e. The number of aromatic nitrogens is 5. The second kappa shape index (κ2) is 5.77. The number of nitrogen functional groups attached to an aromatic ring is 1. The van der Waals surface area contributed by atoms with E-state index in [2.05, 4.69) is 20.3 Å². The third-order valence-electron chi connectivity index (χ3n) is 2.40. The summed E-state index contributed by atoms with van der Waals surface area (Å²) in [6, 6.07) is 0. The Morgan fingerprint density at radius 3 is 2.85 bits per heavy atom. The van der Waals surface area contributed by atoms with Crippen LogP contribution in [0.1, 0.15) is 0 Å². The lowest BCUT2D eigenvalue weighted by molar-refractivity contribution is 0.0180. The highest BCUT2D eigenvalue weighted by Crippen LogP contribution is 2.34. The predicted molar refractivity (Wildman–Crippen MR) is 66.4 cm³/mol. The molecule has 0 aliphatic rings. The first-order valence-corrected chi connectivity index (χ1v) is 7.27. The van der Waals surface area contributed by atoms with Gasteiger partial charge in [-0.3, -0.25) is 4.57 Å². The molecule has 0 aliphatic heterocycles. The largest absolute Gasteiger partial charge is 0.394 e. The number of ether oxygens (including phenoxy) is 1. The van der Waals surface area contributed by atoms with Gasteiger partial charge in [0.1, 0.15) is 24.3 Å². The quantitative estimate of drug-likeness (QED) is 0.452. The maximum absolute atomic E-state index is 10.7. The molecule has 0 saturated carbocycles. The molecule has 2 rings (SSSR count). The summed E-state index contributed by atoms with van der Waals surface area (Å²) in [5.41, 5.74) is 6.33. The first-order chi connectivity index (χ1) is 9.40. The van der Waals surface area contributed by atoms with Gasteiger partial charge in [-0.1, -0.05) is 5.21 Å². The van der Waals surface area contributed by atoms with Crippen LogP contribution in [0.5, 0.6) is 0 Å². The Labute approximate surface area is 112 Å². The molecule has 0 aliphatic carbocycles. The van der Waals surface area contributed by atoms with Gasteiger partial charge in [-0.05, 0) is 0 Å². The van der Waals surface area contributed by atoms with Crippen LogP contribution in [0, 0.1) is 0 Å². The lowest BCUT2D eigenvalue weighted by Crippen LogP contribution is -2.25. The third-order valence-corrected chi connectivity index (χ3v) is 2.88. The van der Waals surface area contributed by atoms with E-state index < -0.39 is 26.7 Å². The SMILES string of the molecule is Nc1ncnc2nnn(C[C@@H](CO)OCP(=O)(O)O)c12. The number of fused-ring (bicyclic) bond motifs is 1. The summed E-state index contributed by atoms with van der Waals surface area (Å²) in [7, 11) is -4.31. The van der Waals surface area contributed by atoms with Crippen LogP contribution in [-0.2, 0) is 15.8 Å². The Balaban J connectivity index is 2.16. The van der Waals surface area contributed by atoms with Crippen LogP contribution in [0.2, 0.25) is 0 Å². The van der Waals surface area contributed by atoms with E-state index in [0.717, 1.165) is 0 Å². The van der Waals surface area contributed by atoms with Crippen LogP contribution in [-0.4, -0.2) is 58.9 Å². The molecule has 20 heavy (non-hydrogen) atoms. The summed E-state index contributed by atoms with van der Waals surface area (Å²) in [5, 5.41) is 16.7. The van der Waals surface area contributed by atoms with E-state index in [-0.39, 0.29) is 18.0 Å². The molecule has 0 spiro atoms. The lowest BCUT2D eigenvalue weighted by atomic mass is 10.3. The molecule has 1 atom stereocenters. The summed E-state index contributed by atoms with van der Waals surface area (Å²) in [6.45, 7) is -0.445. The van der Waals surface area contributed by atoms with Crippen molar-refractivity contribution in [2.75, 3.05) is 18.7 Å². The Morgan fingerprint density at radius 2 is 2.20 bits per heavy atom. The molecular formula is C8H13N6O5P. The number of anilines is 1. The van der Waals surface area contributed by atoms with Gasteiger partial charge in [-0.15, -0.1) is 5.10 Å². The predicted octanol–water partition coefficient (Wildman–Crippen LogP) is -1.68. The van der Waals surface area contributed by atoms with Crippen LogP contribution in [0.3, 0.4) is 0 Å². The number of hydrogen-bond acceptors (Lipinski definition) is 8. The Kier molecular flexibility index (Phi) is 4.26. The Bertz CT molecular complexity index is 641. The average molecular weight is 304 g/mol. The minimum absolute atomic E-state index is 0.00454. The normalized spacial score (nSPS) is 13.8. The number of nitrogens with zero attached hydrogens (tertiary/aromatic N) is 5. The maximum atomic E-state index is 10.7. The zero-order valence-electron chi connectivity index (χ0n) is 10.2. The van der Waals surface area contributed by atoms with Crippen LogP contribution in [0.4, 0.5) is 5.82 Å². The van der Waals surface area contributed by atoms with Crippen LogP contribution in [0.15, 0.2) is 6.33 Å². The highest BCUT2D eigenvalue weighted by Gasteiger charge is 2.20. The minimum Gasteiger partial charge on any atom is -0.394 e.